The number of hydrogen-bond acceptors (Lipinski definition) is 4. The topological polar surface area (TPSA) is 58.1 Å². The molecule has 3 aromatic rings. The smallest absolute Gasteiger partial charge is 0.278 e. The fraction of sp³-hybridized carbons (Fsp3) is 0.250. The molecule has 0 atom stereocenters. The number of fused-ring (bicyclic) bond motifs is 1. The molecule has 4 rings (SSSR count). The van der Waals surface area contributed by atoms with E-state index in [1.807, 2.05) is 18.2 Å². The third-order valence-electron chi connectivity index (χ3n) is 4.60. The molecular weight excluding hydrogens is 350 g/mol. The second-order valence-corrected chi connectivity index (χ2v) is 6.52. The van der Waals surface area contributed by atoms with Crippen LogP contribution in [-0.4, -0.2) is 29.0 Å². The van der Waals surface area contributed by atoms with Gasteiger partial charge < -0.3 is 10.2 Å². The molecule has 0 unspecified atom stereocenters. The first kappa shape index (κ1) is 17.3. The van der Waals surface area contributed by atoms with Crippen molar-refractivity contribution in [2.24, 2.45) is 0 Å². The van der Waals surface area contributed by atoms with Gasteiger partial charge in [-0.15, -0.1) is 0 Å². The van der Waals surface area contributed by atoms with Gasteiger partial charge in [-0.05, 0) is 43.5 Å². The summed E-state index contributed by atoms with van der Waals surface area (Å²) in [4.78, 5) is 24.1. The summed E-state index contributed by atoms with van der Waals surface area (Å²) in [6.07, 6.45) is 3.20. The van der Waals surface area contributed by atoms with Gasteiger partial charge in [-0.2, -0.15) is 0 Å². The third kappa shape index (κ3) is 3.58. The lowest BCUT2D eigenvalue weighted by Crippen LogP contribution is -2.33. The Labute approximate surface area is 155 Å². The zero-order valence-electron chi connectivity index (χ0n) is 14.6. The average Bonchev–Trinajstić information content (AvgIpc) is 2.70. The highest BCUT2D eigenvalue weighted by atomic mass is 19.2. The molecule has 1 aromatic heterocycles. The predicted octanol–water partition coefficient (Wildman–Crippen LogP) is 4.15. The quantitative estimate of drug-likeness (QED) is 0.755. The number of aromatic nitrogens is 2. The monoisotopic (exact) mass is 368 g/mol. The maximum atomic E-state index is 13.4. The maximum absolute atomic E-state index is 13.4. The number of carbonyl (C=O) groups is 1. The van der Waals surface area contributed by atoms with E-state index in [4.69, 9.17) is 0 Å². The number of halogens is 2. The number of nitrogens with zero attached hydrogens (tertiary/aromatic N) is 3. The van der Waals surface area contributed by atoms with E-state index in [2.05, 4.69) is 20.2 Å². The molecule has 1 aliphatic rings. The molecule has 0 saturated carbocycles. The fourth-order valence-corrected chi connectivity index (χ4v) is 3.23. The van der Waals surface area contributed by atoms with Gasteiger partial charge in [0.25, 0.3) is 5.91 Å². The third-order valence-corrected chi connectivity index (χ3v) is 4.60. The summed E-state index contributed by atoms with van der Waals surface area (Å²) in [6, 6.07) is 10.6. The Bertz CT molecular complexity index is 1000. The van der Waals surface area contributed by atoms with Crippen molar-refractivity contribution < 1.29 is 13.6 Å². The lowest BCUT2D eigenvalue weighted by molar-refractivity contribution is 0.102. The van der Waals surface area contributed by atoms with E-state index in [1.54, 1.807) is 6.07 Å². The molecule has 1 amide bonds. The molecular formula is C20H18F2N4O. The highest BCUT2D eigenvalue weighted by molar-refractivity contribution is 6.07. The van der Waals surface area contributed by atoms with Gasteiger partial charge in [-0.1, -0.05) is 12.1 Å². The molecule has 1 aliphatic heterocycles. The molecule has 0 bridgehead atoms. The molecule has 5 nitrogen and oxygen atoms in total. The van der Waals surface area contributed by atoms with Gasteiger partial charge >= 0.3 is 0 Å². The van der Waals surface area contributed by atoms with Gasteiger partial charge in [0, 0.05) is 24.8 Å². The summed E-state index contributed by atoms with van der Waals surface area (Å²) in [7, 11) is 0. The van der Waals surface area contributed by atoms with Crippen LogP contribution in [0.25, 0.3) is 11.0 Å². The van der Waals surface area contributed by atoms with Crippen LogP contribution < -0.4 is 10.2 Å². The minimum absolute atomic E-state index is 0.165. The van der Waals surface area contributed by atoms with Crippen LogP contribution in [0.4, 0.5) is 20.3 Å². The standard InChI is InChI=1S/C20H18F2N4O/c21-14-9-8-13(12-15(14)22)23-20(27)18-19(26-10-4-1-5-11-26)25-17-7-3-2-6-16(17)24-18/h2-3,6-9,12H,1,4-5,10-11H2,(H,23,27). The van der Waals surface area contributed by atoms with Gasteiger partial charge in [0.05, 0.1) is 11.0 Å². The van der Waals surface area contributed by atoms with E-state index in [9.17, 15) is 13.6 Å². The number of hydrogen-bond donors (Lipinski definition) is 1. The number of rotatable bonds is 3. The fourth-order valence-electron chi connectivity index (χ4n) is 3.23. The van der Waals surface area contributed by atoms with E-state index in [0.29, 0.717) is 16.9 Å². The van der Waals surface area contributed by atoms with Crippen LogP contribution in [0, 0.1) is 11.6 Å². The first-order chi connectivity index (χ1) is 13.1. The highest BCUT2D eigenvalue weighted by Gasteiger charge is 2.23. The summed E-state index contributed by atoms with van der Waals surface area (Å²) in [6.45, 7) is 1.61. The Morgan fingerprint density at radius 3 is 2.33 bits per heavy atom. The summed E-state index contributed by atoms with van der Waals surface area (Å²) < 4.78 is 26.6. The van der Waals surface area contributed by atoms with Crippen molar-refractivity contribution in [2.45, 2.75) is 19.3 Å². The van der Waals surface area contributed by atoms with Crippen molar-refractivity contribution in [3.8, 4) is 0 Å². The molecule has 0 radical (unpaired) electrons. The zero-order valence-corrected chi connectivity index (χ0v) is 14.6. The van der Waals surface area contributed by atoms with Crippen LogP contribution in [0.15, 0.2) is 42.5 Å². The summed E-state index contributed by atoms with van der Waals surface area (Å²) in [5.41, 5.74) is 1.66. The van der Waals surface area contributed by atoms with E-state index < -0.39 is 17.5 Å². The number of benzene rings is 2. The SMILES string of the molecule is O=C(Nc1ccc(F)c(F)c1)c1nc2ccccc2nc1N1CCCCC1. The molecule has 0 aliphatic carbocycles. The van der Waals surface area contributed by atoms with Gasteiger partial charge in [-0.3, -0.25) is 4.79 Å². The normalized spacial score (nSPS) is 14.4. The average molecular weight is 368 g/mol. The van der Waals surface area contributed by atoms with Crippen LogP contribution in [0.5, 0.6) is 0 Å². The first-order valence-corrected chi connectivity index (χ1v) is 8.90. The Kier molecular flexibility index (Phi) is 4.66. The van der Waals surface area contributed by atoms with Crippen molar-refractivity contribution in [2.75, 3.05) is 23.3 Å². The number of carbonyl (C=O) groups excluding carboxylic acids is 1. The van der Waals surface area contributed by atoms with Gasteiger partial charge in [0.2, 0.25) is 0 Å². The molecule has 1 fully saturated rings. The Balaban J connectivity index is 1.73. The van der Waals surface area contributed by atoms with E-state index in [0.717, 1.165) is 44.5 Å². The van der Waals surface area contributed by atoms with Gasteiger partial charge in [0.15, 0.2) is 23.1 Å². The second kappa shape index (κ2) is 7.26. The van der Waals surface area contributed by atoms with Crippen molar-refractivity contribution >= 4 is 28.4 Å². The molecule has 2 heterocycles. The minimum atomic E-state index is -1.02. The molecule has 1 saturated heterocycles. The number of anilines is 2. The van der Waals surface area contributed by atoms with Crippen molar-refractivity contribution in [3.05, 3.63) is 59.8 Å². The Morgan fingerprint density at radius 2 is 1.63 bits per heavy atom. The molecule has 27 heavy (non-hydrogen) atoms. The summed E-state index contributed by atoms with van der Waals surface area (Å²) >= 11 is 0. The van der Waals surface area contributed by atoms with Gasteiger partial charge in [-0.25, -0.2) is 18.7 Å². The van der Waals surface area contributed by atoms with E-state index in [-0.39, 0.29) is 11.4 Å². The Morgan fingerprint density at radius 1 is 0.926 bits per heavy atom. The van der Waals surface area contributed by atoms with Crippen LogP contribution in [0.1, 0.15) is 29.8 Å². The number of amides is 1. The van der Waals surface area contributed by atoms with E-state index >= 15 is 0 Å². The minimum Gasteiger partial charge on any atom is -0.355 e. The van der Waals surface area contributed by atoms with Crippen LogP contribution in [0.2, 0.25) is 0 Å². The zero-order chi connectivity index (χ0) is 18.8. The number of para-hydroxylation sites is 2. The van der Waals surface area contributed by atoms with Crippen molar-refractivity contribution in [1.29, 1.82) is 0 Å². The van der Waals surface area contributed by atoms with Crippen LogP contribution in [0.3, 0.4) is 0 Å². The van der Waals surface area contributed by atoms with Crippen LogP contribution in [-0.2, 0) is 0 Å². The van der Waals surface area contributed by atoms with E-state index in [1.165, 1.54) is 6.07 Å². The lowest BCUT2D eigenvalue weighted by Gasteiger charge is -2.29. The number of nitrogens with one attached hydrogen (secondary N) is 1. The summed E-state index contributed by atoms with van der Waals surface area (Å²) in [5, 5.41) is 2.60. The molecule has 1 N–H and O–H groups in total. The molecule has 0 spiro atoms. The molecule has 138 valence electrons. The second-order valence-electron chi connectivity index (χ2n) is 6.52. The lowest BCUT2D eigenvalue weighted by atomic mass is 10.1. The largest absolute Gasteiger partial charge is 0.355 e. The van der Waals surface area contributed by atoms with Crippen molar-refractivity contribution in [1.82, 2.24) is 9.97 Å². The maximum Gasteiger partial charge on any atom is 0.278 e. The Hall–Kier alpha value is -3.09. The van der Waals surface area contributed by atoms with Crippen LogP contribution >= 0.6 is 0 Å². The van der Waals surface area contributed by atoms with Gasteiger partial charge in [0.1, 0.15) is 0 Å². The highest BCUT2D eigenvalue weighted by Crippen LogP contribution is 2.25. The molecule has 7 heteroatoms. The molecule has 2 aromatic carbocycles. The predicted molar refractivity (Wildman–Crippen MR) is 99.9 cm³/mol. The van der Waals surface area contributed by atoms with Crippen molar-refractivity contribution in [3.63, 3.8) is 0 Å². The first-order valence-electron chi connectivity index (χ1n) is 8.90. The summed E-state index contributed by atoms with van der Waals surface area (Å²) in [5.74, 6) is -1.96. The number of piperidine rings is 1.